The van der Waals surface area contributed by atoms with E-state index in [1.165, 1.54) is 24.5 Å². The first-order valence-corrected chi connectivity index (χ1v) is 12.4. The number of fused-ring (bicyclic) bond motifs is 1. The van der Waals surface area contributed by atoms with Crippen molar-refractivity contribution < 1.29 is 28.2 Å². The van der Waals surface area contributed by atoms with E-state index in [4.69, 9.17) is 4.74 Å². The van der Waals surface area contributed by atoms with Crippen molar-refractivity contribution in [2.45, 2.75) is 51.6 Å². The molecule has 1 saturated carbocycles. The topological polar surface area (TPSA) is 120 Å². The minimum atomic E-state index is -2.66. The molecule has 2 amide bonds. The van der Waals surface area contributed by atoms with E-state index in [9.17, 15) is 23.5 Å². The average Bonchev–Trinajstić information content (AvgIpc) is 3.54. The lowest BCUT2D eigenvalue weighted by molar-refractivity contribution is -0.134. The molecule has 2 atom stereocenters. The normalized spacial score (nSPS) is 19.6. The molecule has 1 aromatic carbocycles. The van der Waals surface area contributed by atoms with Crippen molar-refractivity contribution in [1.29, 1.82) is 0 Å². The number of nitrogens with zero attached hydrogens (tertiary/aromatic N) is 3. The average molecular weight is 514 g/mol. The third-order valence-electron chi connectivity index (χ3n) is 7.05. The van der Waals surface area contributed by atoms with Crippen molar-refractivity contribution in [3.8, 4) is 17.0 Å². The number of nitrogens with one attached hydrogen (secondary N) is 2. The Bertz CT molecular complexity index is 1340. The Morgan fingerprint density at radius 3 is 2.78 bits per heavy atom. The predicted molar refractivity (Wildman–Crippen MR) is 131 cm³/mol. The molecule has 2 aromatic heterocycles. The number of alkyl halides is 2. The second kappa shape index (κ2) is 10.0. The van der Waals surface area contributed by atoms with Crippen LogP contribution in [-0.2, 0) is 4.79 Å². The largest absolute Gasteiger partial charge is 0.493 e. The molecule has 196 valence electrons. The fourth-order valence-electron chi connectivity index (χ4n) is 4.92. The van der Waals surface area contributed by atoms with Crippen LogP contribution in [0.5, 0.6) is 5.75 Å². The van der Waals surface area contributed by atoms with E-state index >= 15 is 0 Å². The van der Waals surface area contributed by atoms with Crippen molar-refractivity contribution in [1.82, 2.24) is 25.2 Å². The Kier molecular flexibility index (Phi) is 6.80. The van der Waals surface area contributed by atoms with Gasteiger partial charge < -0.3 is 25.0 Å². The SMILES string of the molecule is Cc1[nH]c2c(-c3cc(C(F)F)ccc3OCC3CC3)ncnc2c1C(=O)N[C@@H]1C[C@H](C)N(C(=O)CO)C1. The molecule has 3 heterocycles. The second-order valence-electron chi connectivity index (χ2n) is 9.84. The van der Waals surface area contributed by atoms with Gasteiger partial charge >= 0.3 is 0 Å². The van der Waals surface area contributed by atoms with E-state index in [0.717, 1.165) is 12.8 Å². The van der Waals surface area contributed by atoms with Gasteiger partial charge in [0.2, 0.25) is 5.91 Å². The maximum Gasteiger partial charge on any atom is 0.263 e. The molecule has 37 heavy (non-hydrogen) atoms. The number of aromatic amines is 1. The van der Waals surface area contributed by atoms with E-state index in [1.807, 2.05) is 6.92 Å². The Morgan fingerprint density at radius 2 is 2.08 bits per heavy atom. The first-order chi connectivity index (χ1) is 17.8. The molecule has 1 aliphatic carbocycles. The Balaban J connectivity index is 1.47. The smallest absolute Gasteiger partial charge is 0.263 e. The molecule has 1 saturated heterocycles. The summed E-state index contributed by atoms with van der Waals surface area (Å²) in [5.74, 6) is 0.173. The summed E-state index contributed by atoms with van der Waals surface area (Å²) in [7, 11) is 0. The van der Waals surface area contributed by atoms with Gasteiger partial charge in [-0.1, -0.05) is 0 Å². The number of ether oxygens (including phenoxy) is 1. The molecule has 0 radical (unpaired) electrons. The van der Waals surface area contributed by atoms with Crippen molar-refractivity contribution >= 4 is 22.8 Å². The Hall–Kier alpha value is -3.60. The minimum Gasteiger partial charge on any atom is -0.493 e. The minimum absolute atomic E-state index is 0.112. The van der Waals surface area contributed by atoms with Gasteiger partial charge in [-0.25, -0.2) is 18.7 Å². The van der Waals surface area contributed by atoms with Crippen LogP contribution in [0.15, 0.2) is 24.5 Å². The molecule has 2 fully saturated rings. The zero-order valence-corrected chi connectivity index (χ0v) is 20.6. The lowest BCUT2D eigenvalue weighted by Crippen LogP contribution is -2.40. The van der Waals surface area contributed by atoms with Crippen LogP contribution in [0.2, 0.25) is 0 Å². The van der Waals surface area contributed by atoms with Crippen LogP contribution in [0.4, 0.5) is 8.78 Å². The molecule has 5 rings (SSSR count). The zero-order valence-electron chi connectivity index (χ0n) is 20.6. The fourth-order valence-corrected chi connectivity index (χ4v) is 4.92. The fraction of sp³-hybridized carbons (Fsp3) is 0.462. The summed E-state index contributed by atoms with van der Waals surface area (Å²) in [6.45, 7) is 3.83. The van der Waals surface area contributed by atoms with Crippen molar-refractivity contribution in [3.63, 3.8) is 0 Å². The first kappa shape index (κ1) is 25.1. The summed E-state index contributed by atoms with van der Waals surface area (Å²) < 4.78 is 33.1. The van der Waals surface area contributed by atoms with Gasteiger partial charge in [0.1, 0.15) is 29.9 Å². The number of benzene rings is 1. The monoisotopic (exact) mass is 513 g/mol. The van der Waals surface area contributed by atoms with Gasteiger partial charge in [0.15, 0.2) is 0 Å². The summed E-state index contributed by atoms with van der Waals surface area (Å²) in [5, 5.41) is 12.2. The van der Waals surface area contributed by atoms with E-state index in [2.05, 4.69) is 20.3 Å². The van der Waals surface area contributed by atoms with Gasteiger partial charge in [-0.15, -0.1) is 0 Å². The summed E-state index contributed by atoms with van der Waals surface area (Å²) in [5.41, 5.74) is 2.31. The highest BCUT2D eigenvalue weighted by Crippen LogP contribution is 2.38. The summed E-state index contributed by atoms with van der Waals surface area (Å²) in [6.07, 6.45) is 1.37. The van der Waals surface area contributed by atoms with Gasteiger partial charge in [0, 0.05) is 35.4 Å². The Morgan fingerprint density at radius 1 is 1.30 bits per heavy atom. The van der Waals surface area contributed by atoms with Crippen LogP contribution in [-0.4, -0.2) is 68.6 Å². The number of H-pyrrole nitrogens is 1. The molecule has 0 bridgehead atoms. The lowest BCUT2D eigenvalue weighted by Gasteiger charge is -2.19. The van der Waals surface area contributed by atoms with E-state index in [-0.39, 0.29) is 29.5 Å². The maximum absolute atomic E-state index is 13.6. The van der Waals surface area contributed by atoms with E-state index in [0.29, 0.717) is 64.8 Å². The van der Waals surface area contributed by atoms with Crippen LogP contribution in [0.25, 0.3) is 22.3 Å². The number of likely N-dealkylation sites (tertiary alicyclic amines) is 1. The van der Waals surface area contributed by atoms with Crippen LogP contribution < -0.4 is 10.1 Å². The number of halogens is 2. The molecule has 2 aliphatic rings. The summed E-state index contributed by atoms with van der Waals surface area (Å²) >= 11 is 0. The number of carbonyl (C=O) groups is 2. The van der Waals surface area contributed by atoms with Gasteiger partial charge in [-0.05, 0) is 57.2 Å². The van der Waals surface area contributed by atoms with Gasteiger partial charge in [-0.2, -0.15) is 0 Å². The molecule has 0 spiro atoms. The Labute approximate surface area is 212 Å². The number of aromatic nitrogens is 3. The third-order valence-corrected chi connectivity index (χ3v) is 7.05. The van der Waals surface area contributed by atoms with E-state index < -0.39 is 13.0 Å². The molecular formula is C26H29F2N5O4. The number of aliphatic hydroxyl groups is 1. The number of carbonyl (C=O) groups excluding carboxylic acids is 2. The molecule has 11 heteroatoms. The van der Waals surface area contributed by atoms with Crippen LogP contribution in [0.3, 0.4) is 0 Å². The summed E-state index contributed by atoms with van der Waals surface area (Å²) in [4.78, 5) is 38.7. The molecule has 3 aromatic rings. The predicted octanol–water partition coefficient (Wildman–Crippen LogP) is 3.37. The van der Waals surface area contributed by atoms with Gasteiger partial charge in [0.05, 0.1) is 17.7 Å². The van der Waals surface area contributed by atoms with Crippen LogP contribution >= 0.6 is 0 Å². The number of amides is 2. The van der Waals surface area contributed by atoms with Crippen LogP contribution in [0.1, 0.15) is 54.2 Å². The first-order valence-electron chi connectivity index (χ1n) is 12.4. The number of aryl methyl sites for hydroxylation is 1. The van der Waals surface area contributed by atoms with E-state index in [1.54, 1.807) is 11.8 Å². The number of rotatable bonds is 8. The van der Waals surface area contributed by atoms with Crippen molar-refractivity contribution in [3.05, 3.63) is 41.3 Å². The molecule has 0 unspecified atom stereocenters. The van der Waals surface area contributed by atoms with Gasteiger partial charge in [-0.3, -0.25) is 9.59 Å². The van der Waals surface area contributed by atoms with Crippen molar-refractivity contribution in [2.75, 3.05) is 19.8 Å². The summed E-state index contributed by atoms with van der Waals surface area (Å²) in [6, 6.07) is 3.86. The molecule has 9 nitrogen and oxygen atoms in total. The van der Waals surface area contributed by atoms with Gasteiger partial charge in [0.25, 0.3) is 12.3 Å². The maximum atomic E-state index is 13.6. The van der Waals surface area contributed by atoms with Crippen LogP contribution in [0, 0.1) is 12.8 Å². The molecule has 1 aliphatic heterocycles. The number of aliphatic hydroxyl groups excluding tert-OH is 1. The molecular weight excluding hydrogens is 484 g/mol. The third kappa shape index (κ3) is 5.00. The zero-order chi connectivity index (χ0) is 26.3. The quantitative estimate of drug-likeness (QED) is 0.425. The number of hydrogen-bond acceptors (Lipinski definition) is 6. The molecule has 3 N–H and O–H groups in total. The standard InChI is InChI=1S/C26H29F2N5O4/c1-13-7-17(9-33(13)20(35)10-34)32-26(36)21-14(2)31-24-22(29-12-30-23(21)24)18-8-16(25(27)28)5-6-19(18)37-11-15-3-4-15/h5-6,8,12-13,15,17,25,31,34H,3-4,7,9-11H2,1-2H3,(H,32,36)/t13-,17+/m0/s1. The second-order valence-corrected chi connectivity index (χ2v) is 9.84. The lowest BCUT2D eigenvalue weighted by atomic mass is 10.0. The highest BCUT2D eigenvalue weighted by Gasteiger charge is 2.34. The highest BCUT2D eigenvalue weighted by molar-refractivity contribution is 6.09. The number of hydrogen-bond donors (Lipinski definition) is 3. The highest BCUT2D eigenvalue weighted by atomic mass is 19.3. The van der Waals surface area contributed by atoms with Crippen molar-refractivity contribution in [2.24, 2.45) is 5.92 Å².